The second-order valence-corrected chi connectivity index (χ2v) is 8.85. The fourth-order valence-corrected chi connectivity index (χ4v) is 4.26. The smallest absolute Gasteiger partial charge is 0.254 e. The van der Waals surface area contributed by atoms with E-state index in [4.69, 9.17) is 9.47 Å². The molecular weight excluding hydrogens is 411 g/mol. The summed E-state index contributed by atoms with van der Waals surface area (Å²) in [7, 11) is 0. The van der Waals surface area contributed by atoms with Crippen LogP contribution in [0.2, 0.25) is 0 Å². The van der Waals surface area contributed by atoms with Gasteiger partial charge in [-0.1, -0.05) is 12.1 Å². The molecule has 0 unspecified atom stereocenters. The van der Waals surface area contributed by atoms with E-state index in [1.165, 1.54) is 25.0 Å². The number of amides is 1. The maximum atomic E-state index is 13.5. The Bertz CT molecular complexity index is 930. The van der Waals surface area contributed by atoms with Crippen LogP contribution in [0.5, 0.6) is 11.5 Å². The van der Waals surface area contributed by atoms with Crippen LogP contribution in [0.25, 0.3) is 0 Å². The molecule has 2 fully saturated rings. The summed E-state index contributed by atoms with van der Waals surface area (Å²) < 4.78 is 25.3. The summed E-state index contributed by atoms with van der Waals surface area (Å²) in [5.74, 6) is 0.454. The van der Waals surface area contributed by atoms with Gasteiger partial charge in [0.15, 0.2) is 0 Å². The zero-order chi connectivity index (χ0) is 22.6. The highest BCUT2D eigenvalue weighted by atomic mass is 19.1. The van der Waals surface area contributed by atoms with Crippen LogP contribution in [-0.4, -0.2) is 71.8 Å². The van der Waals surface area contributed by atoms with Crippen molar-refractivity contribution >= 4 is 5.91 Å². The molecule has 2 aliphatic rings. The number of carbonyl (C=O) groups excluding carboxylic acids is 1. The largest absolute Gasteiger partial charge is 0.492 e. The predicted molar refractivity (Wildman–Crippen MR) is 120 cm³/mol. The highest BCUT2D eigenvalue weighted by molar-refractivity contribution is 5.94. The van der Waals surface area contributed by atoms with Crippen LogP contribution in [0.4, 0.5) is 4.39 Å². The van der Waals surface area contributed by atoms with Gasteiger partial charge in [0.05, 0.1) is 6.54 Å². The number of nitrogens with zero attached hydrogens (tertiary/aromatic N) is 2. The first-order valence-corrected chi connectivity index (χ1v) is 11.3. The first kappa shape index (κ1) is 22.6. The Kier molecular flexibility index (Phi) is 6.96. The van der Waals surface area contributed by atoms with E-state index in [0.29, 0.717) is 36.6 Å². The van der Waals surface area contributed by atoms with E-state index in [1.54, 1.807) is 36.1 Å². The SMILES string of the molecule is C[C@]1(O)CCN(C(=O)c2cccc(OCCN3CCCC3)c2)C[C@@H]1Oc1cccc(F)c1. The number of carbonyl (C=O) groups is 1. The lowest BCUT2D eigenvalue weighted by molar-refractivity contribution is -0.0882. The topological polar surface area (TPSA) is 62.2 Å². The van der Waals surface area contributed by atoms with Crippen molar-refractivity contribution in [1.29, 1.82) is 0 Å². The van der Waals surface area contributed by atoms with Crippen molar-refractivity contribution in [3.63, 3.8) is 0 Å². The van der Waals surface area contributed by atoms with Crippen molar-refractivity contribution < 1.29 is 23.8 Å². The fourth-order valence-electron chi connectivity index (χ4n) is 4.26. The third-order valence-corrected chi connectivity index (χ3v) is 6.29. The van der Waals surface area contributed by atoms with Crippen LogP contribution in [-0.2, 0) is 0 Å². The van der Waals surface area contributed by atoms with Crippen LogP contribution < -0.4 is 9.47 Å². The highest BCUT2D eigenvalue weighted by Gasteiger charge is 2.41. The molecule has 0 radical (unpaired) electrons. The van der Waals surface area contributed by atoms with Gasteiger partial charge in [0, 0.05) is 24.7 Å². The van der Waals surface area contributed by atoms with Crippen molar-refractivity contribution in [3.05, 3.63) is 59.9 Å². The Morgan fingerprint density at radius 3 is 2.66 bits per heavy atom. The molecule has 0 aliphatic carbocycles. The number of rotatable bonds is 7. The molecule has 2 aromatic carbocycles. The van der Waals surface area contributed by atoms with E-state index in [9.17, 15) is 14.3 Å². The minimum absolute atomic E-state index is 0.140. The number of piperidine rings is 1. The molecule has 32 heavy (non-hydrogen) atoms. The Morgan fingerprint density at radius 1 is 1.12 bits per heavy atom. The third-order valence-electron chi connectivity index (χ3n) is 6.29. The summed E-state index contributed by atoms with van der Waals surface area (Å²) in [6.07, 6.45) is 2.19. The van der Waals surface area contributed by atoms with Gasteiger partial charge in [-0.05, 0) is 69.6 Å². The van der Waals surface area contributed by atoms with Crippen LogP contribution in [0.3, 0.4) is 0 Å². The van der Waals surface area contributed by atoms with Crippen molar-refractivity contribution in [2.75, 3.05) is 39.3 Å². The van der Waals surface area contributed by atoms with Gasteiger partial charge in [0.1, 0.15) is 35.6 Å². The Morgan fingerprint density at radius 2 is 1.88 bits per heavy atom. The summed E-state index contributed by atoms with van der Waals surface area (Å²) in [4.78, 5) is 17.2. The minimum atomic E-state index is -1.12. The number of likely N-dealkylation sites (tertiary alicyclic amines) is 2. The van der Waals surface area contributed by atoms with E-state index < -0.39 is 17.5 Å². The van der Waals surface area contributed by atoms with Crippen molar-refractivity contribution in [2.24, 2.45) is 0 Å². The average molecular weight is 443 g/mol. The minimum Gasteiger partial charge on any atom is -0.492 e. The van der Waals surface area contributed by atoms with E-state index in [1.807, 2.05) is 12.1 Å². The van der Waals surface area contributed by atoms with E-state index >= 15 is 0 Å². The zero-order valence-corrected chi connectivity index (χ0v) is 18.5. The van der Waals surface area contributed by atoms with Gasteiger partial charge < -0.3 is 19.5 Å². The van der Waals surface area contributed by atoms with Gasteiger partial charge >= 0.3 is 0 Å². The highest BCUT2D eigenvalue weighted by Crippen LogP contribution is 2.28. The number of aliphatic hydroxyl groups is 1. The summed E-state index contributed by atoms with van der Waals surface area (Å²) in [6, 6.07) is 13.0. The van der Waals surface area contributed by atoms with E-state index in [-0.39, 0.29) is 12.5 Å². The monoisotopic (exact) mass is 442 g/mol. The molecule has 2 aromatic rings. The van der Waals surface area contributed by atoms with Gasteiger partial charge in [-0.15, -0.1) is 0 Å². The number of halogens is 1. The number of hydrogen-bond donors (Lipinski definition) is 1. The average Bonchev–Trinajstić information content (AvgIpc) is 3.29. The molecule has 4 rings (SSSR count). The quantitative estimate of drug-likeness (QED) is 0.713. The number of hydrogen-bond acceptors (Lipinski definition) is 5. The third kappa shape index (κ3) is 5.58. The van der Waals surface area contributed by atoms with Gasteiger partial charge in [0.2, 0.25) is 0 Å². The summed E-state index contributed by atoms with van der Waals surface area (Å²) in [5.41, 5.74) is -0.585. The molecule has 1 N–H and O–H groups in total. The maximum absolute atomic E-state index is 13.5. The summed E-state index contributed by atoms with van der Waals surface area (Å²) in [6.45, 7) is 6.04. The molecule has 0 saturated carbocycles. The molecule has 2 atom stereocenters. The lowest BCUT2D eigenvalue weighted by Gasteiger charge is -2.42. The first-order chi connectivity index (χ1) is 15.4. The Hall–Kier alpha value is -2.64. The van der Waals surface area contributed by atoms with Gasteiger partial charge in [-0.2, -0.15) is 0 Å². The predicted octanol–water partition coefficient (Wildman–Crippen LogP) is 3.34. The van der Waals surface area contributed by atoms with Crippen LogP contribution in [0.15, 0.2) is 48.5 Å². The van der Waals surface area contributed by atoms with Crippen molar-refractivity contribution in [3.8, 4) is 11.5 Å². The molecule has 2 heterocycles. The molecule has 0 aromatic heterocycles. The normalized spacial score (nSPS) is 23.8. The molecule has 1 amide bonds. The first-order valence-electron chi connectivity index (χ1n) is 11.3. The van der Waals surface area contributed by atoms with Crippen LogP contribution in [0.1, 0.15) is 36.5 Å². The van der Waals surface area contributed by atoms with Crippen molar-refractivity contribution in [2.45, 2.75) is 37.9 Å². The molecular formula is C25H31FN2O4. The molecule has 2 aliphatic heterocycles. The molecule has 6 nitrogen and oxygen atoms in total. The Balaban J connectivity index is 1.38. The van der Waals surface area contributed by atoms with Gasteiger partial charge in [-0.25, -0.2) is 4.39 Å². The maximum Gasteiger partial charge on any atom is 0.254 e. The van der Waals surface area contributed by atoms with E-state index in [2.05, 4.69) is 4.90 Å². The van der Waals surface area contributed by atoms with Crippen LogP contribution >= 0.6 is 0 Å². The lowest BCUT2D eigenvalue weighted by Crippen LogP contribution is -2.57. The van der Waals surface area contributed by atoms with E-state index in [0.717, 1.165) is 19.6 Å². The summed E-state index contributed by atoms with van der Waals surface area (Å²) in [5, 5.41) is 10.8. The molecule has 0 spiro atoms. The second-order valence-electron chi connectivity index (χ2n) is 8.85. The molecule has 172 valence electrons. The molecule has 2 saturated heterocycles. The lowest BCUT2D eigenvalue weighted by atomic mass is 9.90. The number of ether oxygens (including phenoxy) is 2. The zero-order valence-electron chi connectivity index (χ0n) is 18.5. The fraction of sp³-hybridized carbons (Fsp3) is 0.480. The second kappa shape index (κ2) is 9.88. The number of benzene rings is 2. The standard InChI is InChI=1S/C25H31FN2O4/c1-25(30)10-13-28(18-23(25)32-22-9-5-7-20(26)17-22)24(29)19-6-4-8-21(16-19)31-15-14-27-11-2-3-12-27/h4-9,16-17,23,30H,2-3,10-15,18H2,1H3/t23-,25-/m0/s1. The Labute approximate surface area is 188 Å². The van der Waals surface area contributed by atoms with Crippen molar-refractivity contribution in [1.82, 2.24) is 9.80 Å². The van der Waals surface area contributed by atoms with Gasteiger partial charge in [-0.3, -0.25) is 9.69 Å². The summed E-state index contributed by atoms with van der Waals surface area (Å²) >= 11 is 0. The molecule has 7 heteroatoms. The van der Waals surface area contributed by atoms with Gasteiger partial charge in [0.25, 0.3) is 5.91 Å². The van der Waals surface area contributed by atoms with Crippen LogP contribution in [0, 0.1) is 5.82 Å². The molecule has 0 bridgehead atoms.